The predicted octanol–water partition coefficient (Wildman–Crippen LogP) is 5.03. The number of nitrogens with one attached hydrogen (secondary N) is 1. The minimum atomic E-state index is -0.149. The number of hydrogen-bond donors (Lipinski definition) is 1. The van der Waals surface area contributed by atoms with Crippen LogP contribution in [0.3, 0.4) is 0 Å². The normalized spacial score (nSPS) is 11.1. The second-order valence-corrected chi connectivity index (χ2v) is 6.82. The standard InChI is InChI=1S/C18H22FNS/c1-13(2)11-20-12-15-6-9-18(17(19)10-15)21-16-7-4-14(3)5-8-16/h4-10,13,20H,11-12H2,1-3H3. The molecule has 2 aromatic carbocycles. The molecule has 0 aliphatic rings. The van der Waals surface area contributed by atoms with E-state index in [2.05, 4.69) is 19.2 Å². The summed E-state index contributed by atoms with van der Waals surface area (Å²) in [4.78, 5) is 1.73. The molecule has 0 aromatic heterocycles. The van der Waals surface area contributed by atoms with Crippen LogP contribution in [0, 0.1) is 18.7 Å². The highest BCUT2D eigenvalue weighted by atomic mass is 32.2. The molecule has 0 atom stereocenters. The zero-order chi connectivity index (χ0) is 15.2. The molecule has 0 saturated heterocycles. The van der Waals surface area contributed by atoms with E-state index in [0.29, 0.717) is 17.4 Å². The van der Waals surface area contributed by atoms with Crippen molar-refractivity contribution in [2.45, 2.75) is 37.1 Å². The van der Waals surface area contributed by atoms with Gasteiger partial charge in [0.05, 0.1) is 0 Å². The number of halogens is 1. The van der Waals surface area contributed by atoms with Crippen LogP contribution in [0.1, 0.15) is 25.0 Å². The van der Waals surface area contributed by atoms with Gasteiger partial charge in [-0.2, -0.15) is 0 Å². The molecule has 0 aliphatic carbocycles. The Morgan fingerprint density at radius 1 is 1.10 bits per heavy atom. The summed E-state index contributed by atoms with van der Waals surface area (Å²) in [5.41, 5.74) is 2.20. The van der Waals surface area contributed by atoms with Crippen molar-refractivity contribution >= 4 is 11.8 Å². The van der Waals surface area contributed by atoms with Gasteiger partial charge >= 0.3 is 0 Å². The lowest BCUT2D eigenvalue weighted by atomic mass is 10.2. The van der Waals surface area contributed by atoms with E-state index < -0.39 is 0 Å². The molecule has 2 rings (SSSR count). The third kappa shape index (κ3) is 5.18. The summed E-state index contributed by atoms with van der Waals surface area (Å²) in [6, 6.07) is 13.6. The third-order valence-corrected chi connectivity index (χ3v) is 4.19. The van der Waals surface area contributed by atoms with Gasteiger partial charge in [0.15, 0.2) is 0 Å². The van der Waals surface area contributed by atoms with E-state index in [1.165, 1.54) is 17.3 Å². The first-order valence-electron chi connectivity index (χ1n) is 7.28. The maximum atomic E-state index is 14.2. The van der Waals surface area contributed by atoms with Crippen LogP contribution < -0.4 is 5.32 Å². The van der Waals surface area contributed by atoms with Crippen molar-refractivity contribution in [1.82, 2.24) is 5.32 Å². The van der Waals surface area contributed by atoms with Crippen LogP contribution in [0.5, 0.6) is 0 Å². The van der Waals surface area contributed by atoms with Crippen molar-refractivity contribution in [3.63, 3.8) is 0 Å². The molecule has 0 heterocycles. The van der Waals surface area contributed by atoms with Gasteiger partial charge in [0.25, 0.3) is 0 Å². The average molecular weight is 303 g/mol. The van der Waals surface area contributed by atoms with Gasteiger partial charge < -0.3 is 5.32 Å². The highest BCUT2D eigenvalue weighted by Crippen LogP contribution is 2.30. The Bertz CT molecular complexity index is 578. The summed E-state index contributed by atoms with van der Waals surface area (Å²) < 4.78 is 14.2. The van der Waals surface area contributed by atoms with E-state index in [1.54, 1.807) is 6.07 Å². The molecule has 0 fully saturated rings. The maximum Gasteiger partial charge on any atom is 0.137 e. The fraction of sp³-hybridized carbons (Fsp3) is 0.333. The SMILES string of the molecule is Cc1ccc(Sc2ccc(CNCC(C)C)cc2F)cc1. The molecule has 21 heavy (non-hydrogen) atoms. The lowest BCUT2D eigenvalue weighted by Crippen LogP contribution is -2.18. The Morgan fingerprint density at radius 2 is 1.81 bits per heavy atom. The molecule has 1 nitrogen and oxygen atoms in total. The van der Waals surface area contributed by atoms with Crippen LogP contribution in [-0.2, 0) is 6.54 Å². The van der Waals surface area contributed by atoms with Gasteiger partial charge in [-0.05, 0) is 49.2 Å². The van der Waals surface area contributed by atoms with Gasteiger partial charge in [0.1, 0.15) is 5.82 Å². The van der Waals surface area contributed by atoms with E-state index in [4.69, 9.17) is 0 Å². The van der Waals surface area contributed by atoms with Crippen LogP contribution in [0.4, 0.5) is 4.39 Å². The van der Waals surface area contributed by atoms with Crippen molar-refractivity contribution in [3.05, 3.63) is 59.4 Å². The third-order valence-electron chi connectivity index (χ3n) is 3.13. The van der Waals surface area contributed by atoms with Crippen LogP contribution in [0.2, 0.25) is 0 Å². The summed E-state index contributed by atoms with van der Waals surface area (Å²) in [6.45, 7) is 8.03. The van der Waals surface area contributed by atoms with Crippen molar-refractivity contribution in [2.75, 3.05) is 6.54 Å². The Hall–Kier alpha value is -1.32. The summed E-state index contributed by atoms with van der Waals surface area (Å²) in [7, 11) is 0. The van der Waals surface area contributed by atoms with Gasteiger partial charge in [-0.15, -0.1) is 0 Å². The molecule has 1 N–H and O–H groups in total. The van der Waals surface area contributed by atoms with Gasteiger partial charge in [0, 0.05) is 16.3 Å². The van der Waals surface area contributed by atoms with Gasteiger partial charge in [0.2, 0.25) is 0 Å². The zero-order valence-corrected chi connectivity index (χ0v) is 13.6. The molecule has 0 saturated carbocycles. The predicted molar refractivity (Wildman–Crippen MR) is 88.2 cm³/mol. The average Bonchev–Trinajstić information content (AvgIpc) is 2.44. The van der Waals surface area contributed by atoms with Crippen LogP contribution in [0.15, 0.2) is 52.3 Å². The fourth-order valence-electron chi connectivity index (χ4n) is 1.98. The van der Waals surface area contributed by atoms with Gasteiger partial charge in [-0.3, -0.25) is 0 Å². The molecule has 0 radical (unpaired) electrons. The summed E-state index contributed by atoms with van der Waals surface area (Å²) in [5.74, 6) is 0.454. The topological polar surface area (TPSA) is 12.0 Å². The van der Waals surface area contributed by atoms with Gasteiger partial charge in [-0.25, -0.2) is 4.39 Å². The first kappa shape index (κ1) is 16.1. The van der Waals surface area contributed by atoms with E-state index in [1.807, 2.05) is 43.3 Å². The lowest BCUT2D eigenvalue weighted by Gasteiger charge is -2.09. The van der Waals surface area contributed by atoms with E-state index >= 15 is 0 Å². The Kier molecular flexibility index (Phi) is 5.83. The van der Waals surface area contributed by atoms with Gasteiger partial charge in [-0.1, -0.05) is 49.4 Å². The molecule has 3 heteroatoms. The monoisotopic (exact) mass is 303 g/mol. The van der Waals surface area contributed by atoms with Crippen molar-refractivity contribution < 1.29 is 4.39 Å². The highest BCUT2D eigenvalue weighted by molar-refractivity contribution is 7.99. The zero-order valence-electron chi connectivity index (χ0n) is 12.8. The molecule has 0 amide bonds. The molecule has 112 valence electrons. The highest BCUT2D eigenvalue weighted by Gasteiger charge is 2.06. The summed E-state index contributed by atoms with van der Waals surface area (Å²) in [5, 5.41) is 3.33. The minimum Gasteiger partial charge on any atom is -0.312 e. The quantitative estimate of drug-likeness (QED) is 0.803. The lowest BCUT2D eigenvalue weighted by molar-refractivity contribution is 0.548. The fourth-order valence-corrected chi connectivity index (χ4v) is 2.79. The van der Waals surface area contributed by atoms with Crippen LogP contribution in [0.25, 0.3) is 0 Å². The second kappa shape index (κ2) is 7.62. The first-order chi connectivity index (χ1) is 10.0. The summed E-state index contributed by atoms with van der Waals surface area (Å²) >= 11 is 1.46. The van der Waals surface area contributed by atoms with Crippen molar-refractivity contribution in [1.29, 1.82) is 0 Å². The second-order valence-electron chi connectivity index (χ2n) is 5.70. The molecule has 0 spiro atoms. The van der Waals surface area contributed by atoms with E-state index in [-0.39, 0.29) is 5.82 Å². The Balaban J connectivity index is 2.00. The van der Waals surface area contributed by atoms with Crippen LogP contribution in [-0.4, -0.2) is 6.54 Å². The Labute approximate surface area is 131 Å². The number of rotatable bonds is 6. The molecule has 0 unspecified atom stereocenters. The Morgan fingerprint density at radius 3 is 2.43 bits per heavy atom. The molecule has 0 aliphatic heterocycles. The molecule has 2 aromatic rings. The first-order valence-corrected chi connectivity index (χ1v) is 8.10. The summed E-state index contributed by atoms with van der Waals surface area (Å²) in [6.07, 6.45) is 0. The molecular formula is C18H22FNS. The smallest absolute Gasteiger partial charge is 0.137 e. The number of benzene rings is 2. The number of hydrogen-bond acceptors (Lipinski definition) is 2. The minimum absolute atomic E-state index is 0.149. The van der Waals surface area contributed by atoms with E-state index in [9.17, 15) is 4.39 Å². The van der Waals surface area contributed by atoms with Crippen molar-refractivity contribution in [2.24, 2.45) is 5.92 Å². The number of aryl methyl sites for hydroxylation is 1. The van der Waals surface area contributed by atoms with Crippen LogP contribution >= 0.6 is 11.8 Å². The molecular weight excluding hydrogens is 281 g/mol. The van der Waals surface area contributed by atoms with Crippen molar-refractivity contribution in [3.8, 4) is 0 Å². The maximum absolute atomic E-state index is 14.2. The largest absolute Gasteiger partial charge is 0.312 e. The molecule has 0 bridgehead atoms. The van der Waals surface area contributed by atoms with E-state index in [0.717, 1.165) is 17.0 Å².